The van der Waals surface area contributed by atoms with Gasteiger partial charge < -0.3 is 4.74 Å². The predicted molar refractivity (Wildman–Crippen MR) is 98.0 cm³/mol. The smallest absolute Gasteiger partial charge is 0.299 e. The molecule has 0 spiro atoms. The molecule has 0 bridgehead atoms. The van der Waals surface area contributed by atoms with E-state index in [1.54, 1.807) is 22.9 Å². The highest BCUT2D eigenvalue weighted by Gasteiger charge is 2.25. The molecule has 2 aromatic rings. The van der Waals surface area contributed by atoms with Gasteiger partial charge in [-0.25, -0.2) is 0 Å². The molecule has 2 aromatic carbocycles. The number of halogens is 2. The number of nitrogens with one attached hydrogen (secondary N) is 1. The van der Waals surface area contributed by atoms with Gasteiger partial charge in [0.05, 0.1) is 17.2 Å². The van der Waals surface area contributed by atoms with Crippen LogP contribution in [0.4, 0.5) is 0 Å². The molecule has 0 atom stereocenters. The summed E-state index contributed by atoms with van der Waals surface area (Å²) in [6.07, 6.45) is 0.886. The SMILES string of the molecule is NC1=[N+](NC(=O)CCCOc2ccc(Cl)cc2Cl)Cc2ccccc21. The van der Waals surface area contributed by atoms with Crippen LogP contribution in [-0.4, -0.2) is 23.0 Å². The molecular formula is C18H18Cl2N3O2+. The Balaban J connectivity index is 1.46. The summed E-state index contributed by atoms with van der Waals surface area (Å²) in [6.45, 7) is 0.957. The first-order valence-corrected chi connectivity index (χ1v) is 8.66. The van der Waals surface area contributed by atoms with Crippen LogP contribution in [0.3, 0.4) is 0 Å². The van der Waals surface area contributed by atoms with Gasteiger partial charge in [-0.1, -0.05) is 41.4 Å². The number of hydrazone groups is 1. The fourth-order valence-electron chi connectivity index (χ4n) is 2.62. The van der Waals surface area contributed by atoms with Crippen LogP contribution in [0.15, 0.2) is 42.5 Å². The van der Waals surface area contributed by atoms with Crippen molar-refractivity contribution < 1.29 is 14.2 Å². The van der Waals surface area contributed by atoms with E-state index < -0.39 is 0 Å². The van der Waals surface area contributed by atoms with Gasteiger partial charge >= 0.3 is 0 Å². The lowest BCUT2D eigenvalue weighted by Gasteiger charge is -2.08. The van der Waals surface area contributed by atoms with Crippen LogP contribution < -0.4 is 15.9 Å². The number of rotatable bonds is 6. The molecule has 5 nitrogen and oxygen atoms in total. The Morgan fingerprint density at radius 1 is 1.24 bits per heavy atom. The average molecular weight is 379 g/mol. The lowest BCUT2D eigenvalue weighted by molar-refractivity contribution is -0.586. The second-order valence-corrected chi connectivity index (χ2v) is 6.53. The Kier molecular flexibility index (Phi) is 5.46. The maximum absolute atomic E-state index is 12.1. The third-order valence-electron chi connectivity index (χ3n) is 3.87. The highest BCUT2D eigenvalue weighted by Crippen LogP contribution is 2.27. The Hall–Kier alpha value is -2.24. The number of amidine groups is 1. The van der Waals surface area contributed by atoms with Crippen molar-refractivity contribution >= 4 is 34.9 Å². The molecule has 7 heteroatoms. The molecule has 0 radical (unpaired) electrons. The summed E-state index contributed by atoms with van der Waals surface area (Å²) in [6, 6.07) is 12.9. The lowest BCUT2D eigenvalue weighted by atomic mass is 10.1. The monoisotopic (exact) mass is 378 g/mol. The van der Waals surface area contributed by atoms with Crippen LogP contribution >= 0.6 is 23.2 Å². The second kappa shape index (κ2) is 7.76. The number of nitrogens with two attached hydrogens (primary N) is 1. The molecule has 0 fully saturated rings. The molecule has 0 unspecified atom stereocenters. The van der Waals surface area contributed by atoms with Gasteiger partial charge in [-0.2, -0.15) is 10.1 Å². The van der Waals surface area contributed by atoms with Crippen LogP contribution in [0.25, 0.3) is 0 Å². The normalized spacial score (nSPS) is 12.9. The van der Waals surface area contributed by atoms with Crippen LogP contribution in [-0.2, 0) is 11.3 Å². The zero-order valence-corrected chi connectivity index (χ0v) is 15.0. The molecule has 0 aliphatic carbocycles. The molecule has 1 heterocycles. The number of ether oxygens (including phenoxy) is 1. The van der Waals surface area contributed by atoms with E-state index in [9.17, 15) is 4.79 Å². The maximum Gasteiger partial charge on any atom is 0.299 e. The summed E-state index contributed by atoms with van der Waals surface area (Å²) in [7, 11) is 0. The van der Waals surface area contributed by atoms with E-state index in [4.69, 9.17) is 33.7 Å². The topological polar surface area (TPSA) is 67.4 Å². The predicted octanol–water partition coefficient (Wildman–Crippen LogP) is 3.12. The number of fused-ring (bicyclic) bond motifs is 1. The first-order chi connectivity index (χ1) is 12.0. The molecule has 25 heavy (non-hydrogen) atoms. The van der Waals surface area contributed by atoms with E-state index in [1.807, 2.05) is 24.3 Å². The fourth-order valence-corrected chi connectivity index (χ4v) is 3.09. The zero-order chi connectivity index (χ0) is 17.8. The van der Waals surface area contributed by atoms with Gasteiger partial charge in [0.15, 0.2) is 0 Å². The minimum Gasteiger partial charge on any atom is -0.492 e. The van der Waals surface area contributed by atoms with Crippen LogP contribution in [0.1, 0.15) is 24.0 Å². The number of carbonyl (C=O) groups is 1. The summed E-state index contributed by atoms with van der Waals surface area (Å²) in [5, 5.41) is 1.01. The first-order valence-electron chi connectivity index (χ1n) is 7.90. The number of hydrazine groups is 1. The standard InChI is InChI=1S/C18H17Cl2N3O2/c19-13-7-8-16(15(20)10-13)25-9-3-6-17(24)22-23-11-12-4-1-2-5-14(12)18(23)21/h1-2,4-5,7-8,10,21H,3,6,9,11H2,(H,22,24)/p+1. The van der Waals surface area contributed by atoms with E-state index in [0.29, 0.717) is 47.6 Å². The molecule has 0 saturated carbocycles. The second-order valence-electron chi connectivity index (χ2n) is 5.69. The van der Waals surface area contributed by atoms with E-state index in [-0.39, 0.29) is 5.91 Å². The van der Waals surface area contributed by atoms with Gasteiger partial charge in [0.1, 0.15) is 12.3 Å². The molecule has 1 aliphatic heterocycles. The fraction of sp³-hybridized carbons (Fsp3) is 0.222. The number of benzene rings is 2. The molecule has 3 rings (SSSR count). The van der Waals surface area contributed by atoms with Gasteiger partial charge in [-0.3, -0.25) is 10.5 Å². The molecule has 3 N–H and O–H groups in total. The summed E-state index contributed by atoms with van der Waals surface area (Å²) in [4.78, 5) is 12.1. The molecule has 1 aliphatic rings. The van der Waals surface area contributed by atoms with Gasteiger partial charge in [0.2, 0.25) is 0 Å². The Bertz CT molecular complexity index is 837. The first kappa shape index (κ1) is 17.6. The van der Waals surface area contributed by atoms with E-state index in [1.165, 1.54) is 0 Å². The highest BCUT2D eigenvalue weighted by molar-refractivity contribution is 6.35. The van der Waals surface area contributed by atoms with Gasteiger partial charge in [0, 0.05) is 17.0 Å². The van der Waals surface area contributed by atoms with Gasteiger partial charge in [0.25, 0.3) is 11.7 Å². The molecule has 0 saturated heterocycles. The van der Waals surface area contributed by atoms with Gasteiger partial charge in [-0.05, 0) is 30.7 Å². The Morgan fingerprint density at radius 2 is 2.04 bits per heavy atom. The number of hydrogen-bond acceptors (Lipinski definition) is 3. The summed E-state index contributed by atoms with van der Waals surface area (Å²) < 4.78 is 7.24. The van der Waals surface area contributed by atoms with Crippen molar-refractivity contribution in [2.45, 2.75) is 19.4 Å². The van der Waals surface area contributed by atoms with Crippen molar-refractivity contribution in [1.29, 1.82) is 0 Å². The van der Waals surface area contributed by atoms with Crippen LogP contribution in [0.2, 0.25) is 10.0 Å². The minimum absolute atomic E-state index is 0.110. The van der Waals surface area contributed by atoms with Crippen LogP contribution in [0, 0.1) is 0 Å². The van der Waals surface area contributed by atoms with Crippen molar-refractivity contribution in [3.63, 3.8) is 0 Å². The summed E-state index contributed by atoms with van der Waals surface area (Å²) in [5.74, 6) is 1.01. The quantitative estimate of drug-likeness (QED) is 0.599. The van der Waals surface area contributed by atoms with Crippen molar-refractivity contribution in [2.24, 2.45) is 5.73 Å². The highest BCUT2D eigenvalue weighted by atomic mass is 35.5. The third-order valence-corrected chi connectivity index (χ3v) is 4.40. The van der Waals surface area contributed by atoms with E-state index in [0.717, 1.165) is 11.1 Å². The summed E-state index contributed by atoms with van der Waals surface area (Å²) in [5.41, 5.74) is 11.0. The van der Waals surface area contributed by atoms with Gasteiger partial charge in [-0.15, -0.1) is 0 Å². The molecule has 0 aromatic heterocycles. The molecule has 1 amide bonds. The maximum atomic E-state index is 12.1. The third kappa shape index (κ3) is 4.24. The van der Waals surface area contributed by atoms with Crippen molar-refractivity contribution in [3.8, 4) is 5.75 Å². The lowest BCUT2D eigenvalue weighted by Crippen LogP contribution is -2.38. The Labute approximate surface area is 156 Å². The Morgan fingerprint density at radius 3 is 2.80 bits per heavy atom. The van der Waals surface area contributed by atoms with Crippen molar-refractivity contribution in [1.82, 2.24) is 5.43 Å². The number of amides is 1. The van der Waals surface area contributed by atoms with Crippen molar-refractivity contribution in [3.05, 3.63) is 63.6 Å². The minimum atomic E-state index is -0.110. The summed E-state index contributed by atoms with van der Waals surface area (Å²) >= 11 is 11.9. The van der Waals surface area contributed by atoms with Crippen molar-refractivity contribution in [2.75, 3.05) is 6.61 Å². The average Bonchev–Trinajstić information content (AvgIpc) is 2.89. The van der Waals surface area contributed by atoms with E-state index >= 15 is 0 Å². The number of nitrogens with zero attached hydrogens (tertiary/aromatic N) is 1. The molecular weight excluding hydrogens is 361 g/mol. The zero-order valence-electron chi connectivity index (χ0n) is 13.5. The van der Waals surface area contributed by atoms with Crippen LogP contribution in [0.5, 0.6) is 5.75 Å². The molecule has 130 valence electrons. The number of hydrogen-bond donors (Lipinski definition) is 2. The van der Waals surface area contributed by atoms with E-state index in [2.05, 4.69) is 5.43 Å². The largest absolute Gasteiger partial charge is 0.492 e. The number of carbonyl (C=O) groups excluding carboxylic acids is 1.